The summed E-state index contributed by atoms with van der Waals surface area (Å²) < 4.78 is 0. The van der Waals surface area contributed by atoms with E-state index in [1.165, 1.54) is 27.6 Å². The summed E-state index contributed by atoms with van der Waals surface area (Å²) in [5.74, 6) is 0. The second kappa shape index (κ2) is 11.3. The van der Waals surface area contributed by atoms with Crippen LogP contribution in [-0.4, -0.2) is 27.4 Å². The third kappa shape index (κ3) is 7.50. The predicted octanol–water partition coefficient (Wildman–Crippen LogP) is 6.10. The molecule has 1 radical (unpaired) electrons. The van der Waals surface area contributed by atoms with Gasteiger partial charge in [0.2, 0.25) is 0 Å². The normalized spacial score (nSPS) is 13.1. The molecule has 0 aliphatic rings. The van der Waals surface area contributed by atoms with Crippen LogP contribution in [0.3, 0.4) is 0 Å². The molecule has 2 unspecified atom stereocenters. The molecule has 0 saturated heterocycles. The maximum atomic E-state index is 9.40. The van der Waals surface area contributed by atoms with Crippen molar-refractivity contribution in [2.45, 2.75) is 74.0 Å². The molecule has 1 heterocycles. The van der Waals surface area contributed by atoms with Crippen molar-refractivity contribution in [2.24, 2.45) is 5.41 Å². The molecule has 2 atom stereocenters. The Labute approximate surface area is 201 Å². The largest absolute Gasteiger partial charge is 0.393 e. The van der Waals surface area contributed by atoms with Gasteiger partial charge in [-0.1, -0.05) is 45.4 Å². The van der Waals surface area contributed by atoms with Crippen LogP contribution in [0.4, 0.5) is 0 Å². The molecule has 3 aromatic rings. The van der Waals surface area contributed by atoms with Crippen LogP contribution >= 0.6 is 0 Å². The monoisotopic (exact) mass is 599 g/mol. The van der Waals surface area contributed by atoms with Crippen molar-refractivity contribution in [1.29, 1.82) is 0 Å². The van der Waals surface area contributed by atoms with Crippen LogP contribution in [0.2, 0.25) is 0 Å². The van der Waals surface area contributed by atoms with Crippen molar-refractivity contribution >= 4 is 10.9 Å². The molecule has 2 N–H and O–H groups in total. The summed E-state index contributed by atoms with van der Waals surface area (Å²) in [6.45, 7) is 16.1. The van der Waals surface area contributed by atoms with Crippen molar-refractivity contribution in [3.05, 3.63) is 64.7 Å². The zero-order valence-electron chi connectivity index (χ0n) is 20.0. The number of fused-ring (bicyclic) bond motifs is 1. The third-order valence-corrected chi connectivity index (χ3v) is 5.34. The number of aliphatic hydroxyl groups is 2. The molecule has 0 amide bonds. The smallest absolute Gasteiger partial charge is 0.0613 e. The van der Waals surface area contributed by atoms with Gasteiger partial charge in [-0.2, -0.15) is 0 Å². The molecule has 2 aromatic carbocycles. The average Bonchev–Trinajstić information content (AvgIpc) is 2.62. The first-order valence-corrected chi connectivity index (χ1v) is 10.6. The Bertz CT molecular complexity index is 1010. The van der Waals surface area contributed by atoms with Gasteiger partial charge in [0, 0.05) is 25.5 Å². The van der Waals surface area contributed by atoms with E-state index in [0.717, 1.165) is 16.8 Å². The molecule has 0 aliphatic heterocycles. The Morgan fingerprint density at radius 1 is 0.968 bits per heavy atom. The molecule has 171 valence electrons. The van der Waals surface area contributed by atoms with Crippen LogP contribution < -0.4 is 0 Å². The third-order valence-electron chi connectivity index (χ3n) is 5.34. The number of hydrogen-bond donors (Lipinski definition) is 2. The SMILES string of the molecule is CC(O)CC(O)C(C)(C)C.Cc1cc(C)c2cc(C)c(-c3[c-]cccc3C)nc2c1.[Ir]. The molecule has 0 aliphatic carbocycles. The van der Waals surface area contributed by atoms with Gasteiger partial charge in [-0.3, -0.25) is 4.98 Å². The topological polar surface area (TPSA) is 53.4 Å². The Kier molecular flexibility index (Phi) is 10.0. The molecule has 0 fully saturated rings. The zero-order valence-corrected chi connectivity index (χ0v) is 22.4. The summed E-state index contributed by atoms with van der Waals surface area (Å²) >= 11 is 0. The predicted molar refractivity (Wildman–Crippen MR) is 127 cm³/mol. The molecule has 0 spiro atoms. The number of pyridine rings is 1. The maximum absolute atomic E-state index is 9.40. The van der Waals surface area contributed by atoms with Crippen LogP contribution in [0.1, 0.15) is 56.4 Å². The van der Waals surface area contributed by atoms with Gasteiger partial charge in [0.1, 0.15) is 0 Å². The fourth-order valence-corrected chi connectivity index (χ4v) is 3.44. The van der Waals surface area contributed by atoms with Gasteiger partial charge in [-0.15, -0.1) is 35.4 Å². The Balaban J connectivity index is 0.000000376. The number of aromatic nitrogens is 1. The molecule has 3 nitrogen and oxygen atoms in total. The molecular formula is C27H36IrNO2-. The van der Waals surface area contributed by atoms with Crippen molar-refractivity contribution in [2.75, 3.05) is 0 Å². The van der Waals surface area contributed by atoms with Gasteiger partial charge in [0.25, 0.3) is 0 Å². The van der Waals surface area contributed by atoms with Gasteiger partial charge in [0.05, 0.1) is 17.7 Å². The van der Waals surface area contributed by atoms with Crippen LogP contribution in [0.15, 0.2) is 36.4 Å². The van der Waals surface area contributed by atoms with E-state index >= 15 is 0 Å². The minimum absolute atomic E-state index is 0. The standard InChI is InChI=1S/C19H18N.C8H18O2.Ir/c1-12-9-14(3)17-11-15(4)19(20-18(17)10-12)16-8-6-5-7-13(16)2;1-6(9)5-7(10)8(2,3)4;/h5-7,9-11H,1-4H3;6-7,9-10H,5H2,1-4H3;/q-1;;. The molecule has 0 bridgehead atoms. The van der Waals surface area contributed by atoms with Crippen LogP contribution in [0.25, 0.3) is 22.2 Å². The summed E-state index contributed by atoms with van der Waals surface area (Å²) in [4.78, 5) is 4.90. The first kappa shape index (κ1) is 27.5. The van der Waals surface area contributed by atoms with Crippen molar-refractivity contribution in [1.82, 2.24) is 4.98 Å². The summed E-state index contributed by atoms with van der Waals surface area (Å²) in [6.07, 6.45) is -0.356. The first-order chi connectivity index (χ1) is 13.9. The van der Waals surface area contributed by atoms with Crippen molar-refractivity contribution in [3.8, 4) is 11.3 Å². The number of nitrogens with zero attached hydrogens (tertiary/aromatic N) is 1. The van der Waals surface area contributed by atoms with Crippen molar-refractivity contribution in [3.63, 3.8) is 0 Å². The van der Waals surface area contributed by atoms with Gasteiger partial charge >= 0.3 is 0 Å². The van der Waals surface area contributed by atoms with E-state index in [1.54, 1.807) is 6.92 Å². The van der Waals surface area contributed by atoms with E-state index in [9.17, 15) is 5.11 Å². The number of rotatable bonds is 3. The fraction of sp³-hybridized carbons (Fsp3) is 0.444. The summed E-state index contributed by atoms with van der Waals surface area (Å²) in [6, 6.07) is 16.0. The molecule has 0 saturated carbocycles. The summed E-state index contributed by atoms with van der Waals surface area (Å²) in [5.41, 5.74) is 8.06. The van der Waals surface area contributed by atoms with E-state index in [-0.39, 0.29) is 25.5 Å². The number of aliphatic hydroxyl groups excluding tert-OH is 2. The average molecular weight is 599 g/mol. The first-order valence-electron chi connectivity index (χ1n) is 10.6. The van der Waals surface area contributed by atoms with E-state index < -0.39 is 12.2 Å². The van der Waals surface area contributed by atoms with E-state index in [0.29, 0.717) is 6.42 Å². The minimum Gasteiger partial charge on any atom is -0.393 e. The van der Waals surface area contributed by atoms with Crippen LogP contribution in [0, 0.1) is 39.2 Å². The van der Waals surface area contributed by atoms with Crippen LogP contribution in [-0.2, 0) is 20.1 Å². The number of benzene rings is 2. The second-order valence-electron chi connectivity index (χ2n) is 9.50. The summed E-state index contributed by atoms with van der Waals surface area (Å²) in [5, 5.41) is 19.6. The maximum Gasteiger partial charge on any atom is 0.0613 e. The number of aryl methyl sites for hydroxylation is 4. The Morgan fingerprint density at radius 3 is 2.13 bits per heavy atom. The van der Waals surface area contributed by atoms with E-state index in [2.05, 4.69) is 58.0 Å². The quantitative estimate of drug-likeness (QED) is 0.359. The zero-order chi connectivity index (χ0) is 22.6. The number of hydrogen-bond acceptors (Lipinski definition) is 3. The minimum atomic E-state index is -0.410. The molecule has 1 aromatic heterocycles. The van der Waals surface area contributed by atoms with Crippen LogP contribution in [0.5, 0.6) is 0 Å². The Hall–Kier alpha value is -1.58. The van der Waals surface area contributed by atoms with E-state index in [1.807, 2.05) is 32.9 Å². The van der Waals surface area contributed by atoms with Gasteiger partial charge in [0.15, 0.2) is 0 Å². The molecular weight excluding hydrogens is 563 g/mol. The fourth-order valence-electron chi connectivity index (χ4n) is 3.44. The Morgan fingerprint density at radius 2 is 1.61 bits per heavy atom. The molecule has 3 rings (SSSR count). The van der Waals surface area contributed by atoms with E-state index in [4.69, 9.17) is 10.1 Å². The van der Waals surface area contributed by atoms with Gasteiger partial charge in [-0.05, 0) is 62.4 Å². The van der Waals surface area contributed by atoms with Gasteiger partial charge < -0.3 is 10.2 Å². The van der Waals surface area contributed by atoms with Gasteiger partial charge in [-0.25, -0.2) is 0 Å². The second-order valence-corrected chi connectivity index (χ2v) is 9.50. The molecule has 4 heteroatoms. The summed E-state index contributed by atoms with van der Waals surface area (Å²) in [7, 11) is 0. The van der Waals surface area contributed by atoms with Crippen molar-refractivity contribution < 1.29 is 30.3 Å². The molecule has 31 heavy (non-hydrogen) atoms.